The van der Waals surface area contributed by atoms with E-state index < -0.39 is 11.6 Å². The van der Waals surface area contributed by atoms with E-state index in [0.717, 1.165) is 27.8 Å². The average Bonchev–Trinajstić information content (AvgIpc) is 3.29. The Morgan fingerprint density at radius 3 is 2.81 bits per heavy atom. The Bertz CT molecular complexity index is 1420. The number of cyclic esters (lactones) is 1. The van der Waals surface area contributed by atoms with Crippen molar-refractivity contribution in [1.82, 2.24) is 14.6 Å². The lowest BCUT2D eigenvalue weighted by Crippen LogP contribution is -2.45. The van der Waals surface area contributed by atoms with Crippen LogP contribution in [-0.4, -0.2) is 32.7 Å². The first-order valence-corrected chi connectivity index (χ1v) is 9.97. The Morgan fingerprint density at radius 1 is 1.23 bits per heavy atom. The van der Waals surface area contributed by atoms with Crippen LogP contribution in [0.15, 0.2) is 41.2 Å². The van der Waals surface area contributed by atoms with Crippen molar-refractivity contribution in [2.24, 2.45) is 0 Å². The zero-order chi connectivity index (χ0) is 21.7. The fraction of sp³-hybridized carbons (Fsp3) is 0.261. The van der Waals surface area contributed by atoms with Crippen LogP contribution < -0.4 is 10.4 Å². The van der Waals surface area contributed by atoms with E-state index in [9.17, 15) is 14.7 Å². The van der Waals surface area contributed by atoms with E-state index in [1.54, 1.807) is 22.6 Å². The zero-order valence-corrected chi connectivity index (χ0v) is 17.1. The molecule has 1 N–H and O–H groups in total. The minimum atomic E-state index is -2.05. The summed E-state index contributed by atoms with van der Waals surface area (Å²) in [6.07, 6.45) is 0. The molecule has 156 valence electrons. The summed E-state index contributed by atoms with van der Waals surface area (Å²) in [6.45, 7) is 6.14. The maximum Gasteiger partial charge on any atom is 0.347 e. The Kier molecular flexibility index (Phi) is 3.43. The fourth-order valence-electron chi connectivity index (χ4n) is 4.77. The summed E-state index contributed by atoms with van der Waals surface area (Å²) in [5.74, 6) is -0.0108. The van der Waals surface area contributed by atoms with E-state index in [-0.39, 0.29) is 28.9 Å². The summed E-state index contributed by atoms with van der Waals surface area (Å²) in [7, 11) is 1.87. The number of hydroxylamine groups is 2. The summed E-state index contributed by atoms with van der Waals surface area (Å²) in [5, 5.41) is 13.9. The highest BCUT2D eigenvalue weighted by Crippen LogP contribution is 2.41. The molecule has 3 aliphatic rings. The molecule has 0 unspecified atom stereocenters. The Balaban J connectivity index is 1.60. The molecular weight excluding hydrogens is 398 g/mol. The van der Waals surface area contributed by atoms with Gasteiger partial charge >= 0.3 is 5.97 Å². The highest BCUT2D eigenvalue weighted by atomic mass is 16.7. The predicted octanol–water partition coefficient (Wildman–Crippen LogP) is 1.98. The van der Waals surface area contributed by atoms with E-state index in [2.05, 4.69) is 12.6 Å². The second-order valence-electron chi connectivity index (χ2n) is 8.36. The third-order valence-electron chi connectivity index (χ3n) is 6.40. The van der Waals surface area contributed by atoms with Gasteiger partial charge in [0.1, 0.15) is 6.61 Å². The molecule has 0 bridgehead atoms. The van der Waals surface area contributed by atoms with Crippen molar-refractivity contribution in [3.8, 4) is 17.1 Å². The minimum Gasteiger partial charge on any atom is -0.458 e. The van der Waals surface area contributed by atoms with Crippen molar-refractivity contribution < 1.29 is 19.5 Å². The molecule has 2 aromatic heterocycles. The van der Waals surface area contributed by atoms with Gasteiger partial charge in [0.25, 0.3) is 5.56 Å². The average molecular weight is 417 g/mol. The first-order valence-electron chi connectivity index (χ1n) is 9.97. The van der Waals surface area contributed by atoms with Gasteiger partial charge in [-0.1, -0.05) is 6.58 Å². The number of fused-ring (bicyclic) bond motifs is 7. The molecule has 0 fully saturated rings. The molecule has 0 spiro atoms. The number of hydrogen-bond acceptors (Lipinski definition) is 7. The minimum absolute atomic E-state index is 0.175. The van der Waals surface area contributed by atoms with Gasteiger partial charge in [0.15, 0.2) is 5.75 Å². The van der Waals surface area contributed by atoms with Gasteiger partial charge in [-0.15, -0.1) is 5.06 Å². The van der Waals surface area contributed by atoms with Crippen molar-refractivity contribution >= 4 is 16.9 Å². The van der Waals surface area contributed by atoms with E-state index in [1.165, 1.54) is 0 Å². The maximum atomic E-state index is 13.3. The van der Waals surface area contributed by atoms with Crippen LogP contribution in [0, 0.1) is 0 Å². The second-order valence-corrected chi connectivity index (χ2v) is 8.36. The summed E-state index contributed by atoms with van der Waals surface area (Å²) >= 11 is 0. The van der Waals surface area contributed by atoms with Gasteiger partial charge in [-0.2, -0.15) is 0 Å². The molecular formula is C23H19N3O5. The highest BCUT2D eigenvalue weighted by molar-refractivity contribution is 5.90. The maximum absolute atomic E-state index is 13.3. The number of rotatable bonds is 1. The summed E-state index contributed by atoms with van der Waals surface area (Å²) in [5.41, 5.74) is 2.35. The highest BCUT2D eigenvalue weighted by Gasteiger charge is 2.47. The standard InChI is InChI=1S/C23H19N3O5/c1-11(2)23(29)16-7-18-20-12(8-26(18)21(27)15(16)10-30-22(23)28)6-13-14-9-25(3)31-19(14)5-4-17(13)24-20/h4-7,29H,1,8-10H2,2-3H3/t23-/m0/s1. The quantitative estimate of drug-likeness (QED) is 0.374. The van der Waals surface area contributed by atoms with Gasteiger partial charge in [-0.3, -0.25) is 4.79 Å². The molecule has 31 heavy (non-hydrogen) atoms. The number of hydrogen-bond donors (Lipinski definition) is 1. The predicted molar refractivity (Wildman–Crippen MR) is 111 cm³/mol. The van der Waals surface area contributed by atoms with Crippen LogP contribution in [0.5, 0.6) is 5.75 Å². The number of carbonyl (C=O) groups excluding carboxylic acids is 1. The van der Waals surface area contributed by atoms with Gasteiger partial charge in [-0.25, -0.2) is 9.78 Å². The molecule has 5 heterocycles. The number of aliphatic hydroxyl groups is 1. The molecule has 3 aliphatic heterocycles. The van der Waals surface area contributed by atoms with Crippen LogP contribution in [0.25, 0.3) is 22.3 Å². The molecule has 3 aromatic rings. The monoisotopic (exact) mass is 417 g/mol. The molecule has 8 heteroatoms. The molecule has 6 rings (SSSR count). The topological polar surface area (TPSA) is 93.9 Å². The van der Waals surface area contributed by atoms with Crippen molar-refractivity contribution in [3.63, 3.8) is 0 Å². The van der Waals surface area contributed by atoms with Crippen LogP contribution in [-0.2, 0) is 34.8 Å². The number of aromatic nitrogens is 2. The van der Waals surface area contributed by atoms with Gasteiger partial charge in [0, 0.05) is 29.1 Å². The zero-order valence-electron chi connectivity index (χ0n) is 17.1. The van der Waals surface area contributed by atoms with Crippen molar-refractivity contribution in [2.45, 2.75) is 32.2 Å². The Hall–Kier alpha value is -3.49. The molecule has 0 aliphatic carbocycles. The van der Waals surface area contributed by atoms with Gasteiger partial charge in [-0.05, 0) is 36.8 Å². The van der Waals surface area contributed by atoms with Gasteiger partial charge in [0.2, 0.25) is 5.60 Å². The molecule has 1 aromatic carbocycles. The number of nitrogens with zero attached hydrogens (tertiary/aromatic N) is 3. The van der Waals surface area contributed by atoms with Gasteiger partial charge < -0.3 is 19.2 Å². The first kappa shape index (κ1) is 18.3. The smallest absolute Gasteiger partial charge is 0.347 e. The van der Waals surface area contributed by atoms with Crippen molar-refractivity contribution in [3.05, 3.63) is 69.0 Å². The lowest BCUT2D eigenvalue weighted by molar-refractivity contribution is -0.167. The van der Waals surface area contributed by atoms with Crippen LogP contribution in [0.2, 0.25) is 0 Å². The molecule has 8 nitrogen and oxygen atoms in total. The van der Waals surface area contributed by atoms with Crippen LogP contribution in [0.4, 0.5) is 0 Å². The summed E-state index contributed by atoms with van der Waals surface area (Å²) in [4.78, 5) is 36.3. The van der Waals surface area contributed by atoms with Gasteiger partial charge in [0.05, 0.1) is 35.6 Å². The number of carbonyl (C=O) groups is 1. The molecule has 0 amide bonds. The Morgan fingerprint density at radius 2 is 2.03 bits per heavy atom. The van der Waals surface area contributed by atoms with Crippen LogP contribution in [0.3, 0.4) is 0 Å². The lowest BCUT2D eigenvalue weighted by atomic mass is 9.83. The molecule has 0 saturated carbocycles. The SMILES string of the molecule is C=C(C)[C@@]1(O)C(=O)OCc2c1cc1n(c2=O)Cc2cc3c4c(ccc3nc2-1)ON(C)C4. The molecule has 0 radical (unpaired) electrons. The first-order chi connectivity index (χ1) is 14.8. The van der Waals surface area contributed by atoms with Crippen molar-refractivity contribution in [2.75, 3.05) is 7.05 Å². The van der Waals surface area contributed by atoms with Crippen LogP contribution >= 0.6 is 0 Å². The third-order valence-corrected chi connectivity index (χ3v) is 6.40. The number of pyridine rings is 2. The molecule has 0 saturated heterocycles. The van der Waals surface area contributed by atoms with E-state index in [1.807, 2.05) is 19.2 Å². The van der Waals surface area contributed by atoms with E-state index in [4.69, 9.17) is 14.6 Å². The number of esters is 1. The van der Waals surface area contributed by atoms with Crippen LogP contribution in [0.1, 0.15) is 29.2 Å². The summed E-state index contributed by atoms with van der Waals surface area (Å²) < 4.78 is 6.75. The third kappa shape index (κ3) is 2.23. The normalized spacial score (nSPS) is 21.2. The summed E-state index contributed by atoms with van der Waals surface area (Å²) in [6, 6.07) is 7.53. The van der Waals surface area contributed by atoms with E-state index in [0.29, 0.717) is 24.5 Å². The van der Waals surface area contributed by atoms with E-state index >= 15 is 0 Å². The second kappa shape index (κ2) is 5.81. The largest absolute Gasteiger partial charge is 0.458 e. The lowest BCUT2D eigenvalue weighted by Gasteiger charge is -2.33. The molecule has 1 atom stereocenters. The fourth-order valence-corrected chi connectivity index (χ4v) is 4.77. The number of benzene rings is 1. The van der Waals surface area contributed by atoms with Crippen molar-refractivity contribution in [1.29, 1.82) is 0 Å². The Labute approximate surface area is 176 Å². The number of ether oxygens (including phenoxy) is 1.